The van der Waals surface area contributed by atoms with Gasteiger partial charge in [-0.1, -0.05) is 13.8 Å². The zero-order chi connectivity index (χ0) is 9.40. The molecule has 3 heteroatoms. The van der Waals surface area contributed by atoms with Gasteiger partial charge in [0.05, 0.1) is 0 Å². The molecule has 0 amide bonds. The van der Waals surface area contributed by atoms with Crippen LogP contribution in [-0.2, 0) is 0 Å². The maximum atomic E-state index is 5.33. The summed E-state index contributed by atoms with van der Waals surface area (Å²) in [6, 6.07) is 0.258. The first-order valence-electron chi connectivity index (χ1n) is 4.25. The summed E-state index contributed by atoms with van der Waals surface area (Å²) in [6.07, 6.45) is 7.09. The summed E-state index contributed by atoms with van der Waals surface area (Å²) in [5, 5.41) is 0.693. The molecule has 70 valence electrons. The highest BCUT2D eigenvalue weighted by atomic mass is 32.2. The lowest BCUT2D eigenvalue weighted by Crippen LogP contribution is -2.37. The molecular formula is C9H18N2S. The van der Waals surface area contributed by atoms with Gasteiger partial charge < -0.3 is 0 Å². The van der Waals surface area contributed by atoms with Crippen molar-refractivity contribution in [3.8, 4) is 12.3 Å². The average Bonchev–Trinajstić information content (AvgIpc) is 2.11. The highest BCUT2D eigenvalue weighted by Crippen LogP contribution is 2.14. The van der Waals surface area contributed by atoms with Gasteiger partial charge in [-0.2, -0.15) is 11.8 Å². The topological polar surface area (TPSA) is 38.0 Å². The van der Waals surface area contributed by atoms with Crippen molar-refractivity contribution in [2.75, 3.05) is 5.75 Å². The highest BCUT2D eigenvalue weighted by Gasteiger charge is 2.06. The van der Waals surface area contributed by atoms with E-state index in [1.54, 1.807) is 0 Å². The van der Waals surface area contributed by atoms with Gasteiger partial charge in [0, 0.05) is 23.5 Å². The summed E-state index contributed by atoms with van der Waals surface area (Å²) in [6.45, 7) is 4.40. The fourth-order valence-corrected chi connectivity index (χ4v) is 1.72. The Morgan fingerprint density at radius 1 is 1.67 bits per heavy atom. The minimum atomic E-state index is 0.258. The standard InChI is InChI=1S/C9H18N2S/c1-4-6-9(11-10)7-12-8(3)5-2/h1,8-9,11H,5-7,10H2,2-3H3. The van der Waals surface area contributed by atoms with E-state index >= 15 is 0 Å². The minimum Gasteiger partial charge on any atom is -0.271 e. The van der Waals surface area contributed by atoms with E-state index in [4.69, 9.17) is 12.3 Å². The Kier molecular flexibility index (Phi) is 7.37. The van der Waals surface area contributed by atoms with Gasteiger partial charge in [-0.05, 0) is 6.42 Å². The van der Waals surface area contributed by atoms with Crippen LogP contribution in [0.5, 0.6) is 0 Å². The smallest absolute Gasteiger partial charge is 0.0410 e. The van der Waals surface area contributed by atoms with Gasteiger partial charge in [-0.25, -0.2) is 0 Å². The Balaban J connectivity index is 3.51. The summed E-state index contributed by atoms with van der Waals surface area (Å²) >= 11 is 1.91. The van der Waals surface area contributed by atoms with Crippen molar-refractivity contribution in [1.29, 1.82) is 0 Å². The average molecular weight is 186 g/mol. The lowest BCUT2D eigenvalue weighted by Gasteiger charge is -2.14. The largest absolute Gasteiger partial charge is 0.271 e. The first kappa shape index (κ1) is 11.8. The summed E-state index contributed by atoms with van der Waals surface area (Å²) in [5.41, 5.74) is 2.72. The van der Waals surface area contributed by atoms with Crippen LogP contribution in [0.1, 0.15) is 26.7 Å². The Hall–Kier alpha value is -0.170. The van der Waals surface area contributed by atoms with Crippen LogP contribution in [0.15, 0.2) is 0 Å². The summed E-state index contributed by atoms with van der Waals surface area (Å²) in [5.74, 6) is 8.93. The second-order valence-electron chi connectivity index (χ2n) is 2.82. The first-order chi connectivity index (χ1) is 5.74. The summed E-state index contributed by atoms with van der Waals surface area (Å²) in [7, 11) is 0. The molecule has 0 radical (unpaired) electrons. The van der Waals surface area contributed by atoms with Gasteiger partial charge in [0.25, 0.3) is 0 Å². The van der Waals surface area contributed by atoms with Gasteiger partial charge in [0.2, 0.25) is 0 Å². The van der Waals surface area contributed by atoms with Crippen LogP contribution in [0.25, 0.3) is 0 Å². The van der Waals surface area contributed by atoms with E-state index in [2.05, 4.69) is 25.2 Å². The van der Waals surface area contributed by atoms with E-state index in [-0.39, 0.29) is 6.04 Å². The van der Waals surface area contributed by atoms with Crippen molar-refractivity contribution in [1.82, 2.24) is 5.43 Å². The molecular weight excluding hydrogens is 168 g/mol. The minimum absolute atomic E-state index is 0.258. The van der Waals surface area contributed by atoms with Crippen LogP contribution >= 0.6 is 11.8 Å². The number of rotatable bonds is 6. The number of hydrogen-bond acceptors (Lipinski definition) is 3. The number of hydrogen-bond donors (Lipinski definition) is 2. The monoisotopic (exact) mass is 186 g/mol. The van der Waals surface area contributed by atoms with Crippen LogP contribution in [0.2, 0.25) is 0 Å². The quantitative estimate of drug-likeness (QED) is 0.374. The fraction of sp³-hybridized carbons (Fsp3) is 0.778. The Morgan fingerprint density at radius 3 is 2.75 bits per heavy atom. The molecule has 0 aliphatic carbocycles. The molecule has 0 aliphatic heterocycles. The van der Waals surface area contributed by atoms with E-state index < -0.39 is 0 Å². The van der Waals surface area contributed by atoms with Crippen molar-refractivity contribution in [3.05, 3.63) is 0 Å². The Labute approximate surface area is 79.6 Å². The molecule has 0 saturated heterocycles. The van der Waals surface area contributed by atoms with Gasteiger partial charge in [0.15, 0.2) is 0 Å². The number of thioether (sulfide) groups is 1. The van der Waals surface area contributed by atoms with E-state index in [0.717, 1.165) is 5.75 Å². The Bertz CT molecular complexity index is 142. The zero-order valence-corrected chi connectivity index (χ0v) is 8.66. The lowest BCUT2D eigenvalue weighted by molar-refractivity contribution is 0.591. The fourth-order valence-electron chi connectivity index (χ4n) is 0.706. The molecule has 3 N–H and O–H groups in total. The molecule has 2 unspecified atom stereocenters. The number of hydrazine groups is 1. The van der Waals surface area contributed by atoms with Crippen LogP contribution in [0.3, 0.4) is 0 Å². The molecule has 0 saturated carbocycles. The van der Waals surface area contributed by atoms with Crippen molar-refractivity contribution in [3.63, 3.8) is 0 Å². The van der Waals surface area contributed by atoms with Crippen LogP contribution in [0, 0.1) is 12.3 Å². The molecule has 12 heavy (non-hydrogen) atoms. The third-order valence-corrected chi connectivity index (χ3v) is 3.25. The van der Waals surface area contributed by atoms with E-state index in [1.807, 2.05) is 11.8 Å². The van der Waals surface area contributed by atoms with E-state index in [0.29, 0.717) is 11.7 Å². The van der Waals surface area contributed by atoms with Gasteiger partial charge in [-0.15, -0.1) is 12.3 Å². The van der Waals surface area contributed by atoms with Crippen molar-refractivity contribution in [2.24, 2.45) is 5.84 Å². The van der Waals surface area contributed by atoms with Crippen molar-refractivity contribution >= 4 is 11.8 Å². The number of terminal acetylenes is 1. The SMILES string of the molecule is C#CCC(CSC(C)CC)NN. The maximum Gasteiger partial charge on any atom is 0.0410 e. The second kappa shape index (κ2) is 7.48. The molecule has 2 nitrogen and oxygen atoms in total. The molecule has 0 aromatic carbocycles. The molecule has 0 spiro atoms. The molecule has 0 heterocycles. The predicted octanol–water partition coefficient (Wildman–Crippen LogP) is 1.37. The molecule has 2 atom stereocenters. The van der Waals surface area contributed by atoms with Crippen LogP contribution in [-0.4, -0.2) is 17.0 Å². The maximum absolute atomic E-state index is 5.33. The molecule has 0 bridgehead atoms. The normalized spacial score (nSPS) is 15.2. The number of nitrogens with two attached hydrogens (primary N) is 1. The van der Waals surface area contributed by atoms with Gasteiger partial charge in [-0.3, -0.25) is 11.3 Å². The molecule has 0 aromatic heterocycles. The first-order valence-corrected chi connectivity index (χ1v) is 5.30. The molecule has 0 aliphatic rings. The summed E-state index contributed by atoms with van der Waals surface area (Å²) < 4.78 is 0. The third-order valence-electron chi connectivity index (χ3n) is 1.76. The molecule has 0 aromatic rings. The van der Waals surface area contributed by atoms with Crippen molar-refractivity contribution in [2.45, 2.75) is 38.0 Å². The second-order valence-corrected chi connectivity index (χ2v) is 4.30. The lowest BCUT2D eigenvalue weighted by atomic mass is 10.3. The molecule has 0 rings (SSSR count). The zero-order valence-electron chi connectivity index (χ0n) is 7.84. The highest BCUT2D eigenvalue weighted by molar-refractivity contribution is 7.99. The van der Waals surface area contributed by atoms with Crippen LogP contribution in [0.4, 0.5) is 0 Å². The van der Waals surface area contributed by atoms with Crippen molar-refractivity contribution < 1.29 is 0 Å². The van der Waals surface area contributed by atoms with E-state index in [1.165, 1.54) is 6.42 Å². The third kappa shape index (κ3) is 5.48. The Morgan fingerprint density at radius 2 is 2.33 bits per heavy atom. The number of nitrogens with one attached hydrogen (secondary N) is 1. The van der Waals surface area contributed by atoms with Crippen LogP contribution < -0.4 is 11.3 Å². The van der Waals surface area contributed by atoms with Gasteiger partial charge in [0.1, 0.15) is 0 Å². The molecule has 0 fully saturated rings. The van der Waals surface area contributed by atoms with Gasteiger partial charge >= 0.3 is 0 Å². The predicted molar refractivity (Wildman–Crippen MR) is 56.8 cm³/mol. The van der Waals surface area contributed by atoms with E-state index in [9.17, 15) is 0 Å². The summed E-state index contributed by atoms with van der Waals surface area (Å²) in [4.78, 5) is 0.